The maximum atomic E-state index is 13.4. The summed E-state index contributed by atoms with van der Waals surface area (Å²) in [5.74, 6) is -1.40. The van der Waals surface area contributed by atoms with Crippen LogP contribution in [0.2, 0.25) is 10.0 Å². The number of aliphatic carboxylic acids is 1. The predicted octanol–water partition coefficient (Wildman–Crippen LogP) is 8.51. The van der Waals surface area contributed by atoms with E-state index in [1.807, 2.05) is 13.0 Å². The summed E-state index contributed by atoms with van der Waals surface area (Å²) in [7, 11) is 0. The highest BCUT2D eigenvalue weighted by atomic mass is 35.5. The van der Waals surface area contributed by atoms with Gasteiger partial charge in [-0.05, 0) is 78.2 Å². The molecule has 0 unspecified atom stereocenters. The number of carboxylic acid groups (broad SMARTS) is 1. The van der Waals surface area contributed by atoms with Gasteiger partial charge in [0.2, 0.25) is 0 Å². The lowest BCUT2D eigenvalue weighted by molar-refractivity contribution is -0.138. The number of hydrogen-bond acceptors (Lipinski definition) is 3. The van der Waals surface area contributed by atoms with Crippen LogP contribution in [-0.2, 0) is 11.0 Å². The monoisotopic (exact) mass is 625 g/mol. The molecule has 1 heterocycles. The van der Waals surface area contributed by atoms with Gasteiger partial charge in [0.1, 0.15) is 5.69 Å². The number of fused-ring (bicyclic) bond motifs is 1. The number of amides is 1. The third-order valence-corrected chi connectivity index (χ3v) is 7.45. The number of carbonyl (C=O) groups excluding carboxylic acids is 1. The van der Waals surface area contributed by atoms with Crippen LogP contribution in [0.3, 0.4) is 0 Å². The molecule has 0 aliphatic carbocycles. The first kappa shape index (κ1) is 30.1. The van der Waals surface area contributed by atoms with Gasteiger partial charge in [0.25, 0.3) is 5.91 Å². The maximum Gasteiger partial charge on any atom is 0.416 e. The minimum atomic E-state index is -4.48. The third-order valence-electron chi connectivity index (χ3n) is 7.01. The minimum Gasteiger partial charge on any atom is -0.481 e. The van der Waals surface area contributed by atoms with E-state index in [-0.39, 0.29) is 19.0 Å². The summed E-state index contributed by atoms with van der Waals surface area (Å²) in [5.41, 5.74) is 3.36. The van der Waals surface area contributed by atoms with Crippen LogP contribution in [0, 0.1) is 0 Å². The molecule has 1 amide bonds. The van der Waals surface area contributed by atoms with Crippen molar-refractivity contribution < 1.29 is 27.9 Å². The number of hydrogen-bond donors (Lipinski definition) is 2. The highest BCUT2D eigenvalue weighted by molar-refractivity contribution is 6.35. The van der Waals surface area contributed by atoms with Crippen molar-refractivity contribution in [1.82, 2.24) is 15.1 Å². The van der Waals surface area contributed by atoms with Gasteiger partial charge in [-0.15, -0.1) is 0 Å². The molecule has 0 aliphatic heterocycles. The minimum absolute atomic E-state index is 0.0100. The van der Waals surface area contributed by atoms with Crippen molar-refractivity contribution in [1.29, 1.82) is 0 Å². The fourth-order valence-electron chi connectivity index (χ4n) is 4.83. The zero-order valence-electron chi connectivity index (χ0n) is 22.6. The lowest BCUT2D eigenvalue weighted by atomic mass is 10.00. The average molecular weight is 626 g/mol. The number of nitrogens with one attached hydrogen (secondary N) is 1. The van der Waals surface area contributed by atoms with E-state index in [4.69, 9.17) is 33.4 Å². The fourth-order valence-corrected chi connectivity index (χ4v) is 5.36. The molecular formula is C32H24Cl2F3N3O3. The molecule has 0 fully saturated rings. The molecule has 43 heavy (non-hydrogen) atoms. The smallest absolute Gasteiger partial charge is 0.416 e. The Balaban J connectivity index is 1.57. The summed E-state index contributed by atoms with van der Waals surface area (Å²) in [6.07, 6.45) is -4.66. The van der Waals surface area contributed by atoms with Crippen molar-refractivity contribution in [2.75, 3.05) is 6.54 Å². The topological polar surface area (TPSA) is 84.2 Å². The summed E-state index contributed by atoms with van der Waals surface area (Å²) in [6, 6.07) is 22.1. The van der Waals surface area contributed by atoms with Crippen molar-refractivity contribution in [2.24, 2.45) is 0 Å². The first-order valence-corrected chi connectivity index (χ1v) is 13.9. The van der Waals surface area contributed by atoms with E-state index in [0.29, 0.717) is 43.5 Å². The van der Waals surface area contributed by atoms with E-state index < -0.39 is 23.6 Å². The lowest BCUT2D eigenvalue weighted by Crippen LogP contribution is -2.26. The Bertz CT molecular complexity index is 1820. The fraction of sp³-hybridized carbons (Fsp3) is 0.156. The van der Waals surface area contributed by atoms with E-state index in [1.165, 1.54) is 6.07 Å². The molecule has 0 saturated carbocycles. The van der Waals surface area contributed by atoms with Crippen molar-refractivity contribution in [3.8, 4) is 22.4 Å². The molecule has 6 nitrogen and oxygen atoms in total. The van der Waals surface area contributed by atoms with Crippen LogP contribution in [-0.4, -0.2) is 33.3 Å². The molecule has 2 N–H and O–H groups in total. The lowest BCUT2D eigenvalue weighted by Gasteiger charge is -2.15. The Morgan fingerprint density at radius 3 is 2.23 bits per heavy atom. The molecule has 0 saturated heterocycles. The van der Waals surface area contributed by atoms with Gasteiger partial charge in [-0.3, -0.25) is 14.3 Å². The molecule has 5 aromatic rings. The van der Waals surface area contributed by atoms with E-state index in [2.05, 4.69) is 5.32 Å². The first-order valence-electron chi connectivity index (χ1n) is 13.2. The maximum absolute atomic E-state index is 13.4. The van der Waals surface area contributed by atoms with Gasteiger partial charge in [-0.2, -0.15) is 18.3 Å². The Hall–Kier alpha value is -4.34. The van der Waals surface area contributed by atoms with Crippen molar-refractivity contribution in [3.63, 3.8) is 0 Å². The van der Waals surface area contributed by atoms with Gasteiger partial charge in [0.05, 0.1) is 23.5 Å². The van der Waals surface area contributed by atoms with E-state index in [1.54, 1.807) is 65.3 Å². The number of rotatable bonds is 8. The zero-order valence-corrected chi connectivity index (χ0v) is 24.1. The number of carboxylic acids is 1. The Morgan fingerprint density at radius 2 is 1.58 bits per heavy atom. The van der Waals surface area contributed by atoms with Gasteiger partial charge in [-0.25, -0.2) is 0 Å². The third kappa shape index (κ3) is 6.68. The molecule has 0 radical (unpaired) electrons. The zero-order chi connectivity index (χ0) is 30.9. The van der Waals surface area contributed by atoms with Crippen LogP contribution in [0.5, 0.6) is 0 Å². The Morgan fingerprint density at radius 1 is 0.907 bits per heavy atom. The van der Waals surface area contributed by atoms with Crippen LogP contribution in [0.1, 0.15) is 40.9 Å². The number of alkyl halides is 3. The molecule has 0 bridgehead atoms. The van der Waals surface area contributed by atoms with Crippen molar-refractivity contribution in [2.45, 2.75) is 25.6 Å². The average Bonchev–Trinajstić information content (AvgIpc) is 3.35. The number of aromatic nitrogens is 2. The van der Waals surface area contributed by atoms with Gasteiger partial charge < -0.3 is 10.4 Å². The van der Waals surface area contributed by atoms with Crippen LogP contribution in [0.4, 0.5) is 13.2 Å². The predicted molar refractivity (Wildman–Crippen MR) is 160 cm³/mol. The first-order chi connectivity index (χ1) is 20.4. The summed E-state index contributed by atoms with van der Waals surface area (Å²) < 4.78 is 42.1. The second-order valence-electron chi connectivity index (χ2n) is 9.96. The molecule has 0 spiro atoms. The van der Waals surface area contributed by atoms with Crippen LogP contribution >= 0.6 is 23.2 Å². The van der Waals surface area contributed by atoms with Crippen LogP contribution < -0.4 is 5.32 Å². The van der Waals surface area contributed by atoms with E-state index >= 15 is 0 Å². The number of benzene rings is 4. The quantitative estimate of drug-likeness (QED) is 0.181. The second-order valence-corrected chi connectivity index (χ2v) is 10.8. The summed E-state index contributed by atoms with van der Waals surface area (Å²) >= 11 is 12.6. The molecule has 1 aromatic heterocycles. The summed E-state index contributed by atoms with van der Waals surface area (Å²) in [6.45, 7) is 1.93. The van der Waals surface area contributed by atoms with E-state index in [0.717, 1.165) is 23.1 Å². The normalized spacial score (nSPS) is 12.3. The van der Waals surface area contributed by atoms with Gasteiger partial charge in [0.15, 0.2) is 0 Å². The highest BCUT2D eigenvalue weighted by Gasteiger charge is 2.30. The van der Waals surface area contributed by atoms with Gasteiger partial charge >= 0.3 is 12.1 Å². The second kappa shape index (κ2) is 12.1. The van der Waals surface area contributed by atoms with Gasteiger partial charge in [-0.1, -0.05) is 53.5 Å². The summed E-state index contributed by atoms with van der Waals surface area (Å²) in [5, 5.41) is 17.9. The Kier molecular flexibility index (Phi) is 8.48. The van der Waals surface area contributed by atoms with Gasteiger partial charge in [0, 0.05) is 33.1 Å². The Labute approximate surface area is 254 Å². The molecule has 5 rings (SSSR count). The molecule has 11 heteroatoms. The largest absolute Gasteiger partial charge is 0.481 e. The molecular weight excluding hydrogens is 602 g/mol. The molecule has 1 atom stereocenters. The van der Waals surface area contributed by atoms with Crippen LogP contribution in [0.25, 0.3) is 33.3 Å². The van der Waals surface area contributed by atoms with Crippen LogP contribution in [0.15, 0.2) is 84.9 Å². The van der Waals surface area contributed by atoms with Crippen molar-refractivity contribution >= 4 is 46.0 Å². The van der Waals surface area contributed by atoms with E-state index in [9.17, 15) is 22.8 Å². The SMILES string of the molecule is C[C@@H](c1ccc(C(=O)NCCC(=O)O)cc1)n1nc(-c2cc(Cl)cc(Cl)c2)c2ccc(-c3cccc(C(F)(F)F)c3)cc21. The summed E-state index contributed by atoms with van der Waals surface area (Å²) in [4.78, 5) is 23.1. The number of nitrogens with zero attached hydrogens (tertiary/aromatic N) is 2. The molecule has 0 aliphatic rings. The molecule has 4 aromatic carbocycles. The highest BCUT2D eigenvalue weighted by Crippen LogP contribution is 2.37. The standard InChI is InChI=1S/C32H24Cl2F3N3O3/c1-18(19-5-7-20(8-6-19)31(43)38-12-11-29(41)42)40-28-16-22(21-3-2-4-24(13-21)32(35,36)37)9-10-27(28)30(39-40)23-14-25(33)17-26(34)15-23/h2-10,13-18H,11-12H2,1H3,(H,38,43)(H,41,42)/t18-/m0/s1. The number of carbonyl (C=O) groups is 2. The van der Waals surface area contributed by atoms with Crippen molar-refractivity contribution in [3.05, 3.63) is 112 Å². The molecule has 220 valence electrons. The number of halogens is 5.